The number of amides is 2. The van der Waals surface area contributed by atoms with Crippen LogP contribution in [0.3, 0.4) is 0 Å². The molecule has 0 saturated heterocycles. The van der Waals surface area contributed by atoms with E-state index in [1.807, 2.05) is 44.2 Å². The number of para-hydroxylation sites is 3. The number of allylic oxidation sites excluding steroid dienone is 2. The summed E-state index contributed by atoms with van der Waals surface area (Å²) in [5, 5.41) is 8.92. The van der Waals surface area contributed by atoms with Gasteiger partial charge in [-0.05, 0) is 58.4 Å². The highest BCUT2D eigenvalue weighted by Gasteiger charge is 2.25. The molecule has 1 unspecified atom stereocenters. The fourth-order valence-electron chi connectivity index (χ4n) is 3.55. The molecule has 2 aromatic rings. The van der Waals surface area contributed by atoms with Crippen molar-refractivity contribution in [1.29, 1.82) is 0 Å². The van der Waals surface area contributed by atoms with Crippen LogP contribution in [0.2, 0.25) is 0 Å². The third kappa shape index (κ3) is 7.67. The number of fused-ring (bicyclic) bond motifs is 1. The zero-order chi connectivity index (χ0) is 25.8. The summed E-state index contributed by atoms with van der Waals surface area (Å²) in [5.74, 6) is 1.55. The van der Waals surface area contributed by atoms with E-state index in [-0.39, 0.29) is 17.9 Å². The van der Waals surface area contributed by atoms with Gasteiger partial charge in [-0.3, -0.25) is 9.59 Å². The molecule has 1 aliphatic heterocycles. The van der Waals surface area contributed by atoms with Crippen LogP contribution in [0.15, 0.2) is 54.3 Å². The molecule has 0 bridgehead atoms. The van der Waals surface area contributed by atoms with Gasteiger partial charge in [0.1, 0.15) is 11.8 Å². The first kappa shape index (κ1) is 27.6. The number of rotatable bonds is 9. The van der Waals surface area contributed by atoms with Crippen molar-refractivity contribution < 1.29 is 19.1 Å². The van der Waals surface area contributed by atoms with Crippen LogP contribution in [0.25, 0.3) is 0 Å². The Morgan fingerprint density at radius 1 is 1.17 bits per heavy atom. The van der Waals surface area contributed by atoms with Gasteiger partial charge in [-0.1, -0.05) is 24.3 Å². The number of carbonyl (C=O) groups is 2. The number of methoxy groups -OCH3 is 2. The summed E-state index contributed by atoms with van der Waals surface area (Å²) in [4.78, 5) is 26.7. The van der Waals surface area contributed by atoms with Gasteiger partial charge in [-0.15, -0.1) is 0 Å². The van der Waals surface area contributed by atoms with Crippen LogP contribution < -0.4 is 25.6 Å². The SMILES string of the molecule is C/C=C(\C)OC.CCN(CCCNC(=O)c1cccc2c1NC(C)C(=O)N2)c1ccccc1OC. The number of carbonyl (C=O) groups excluding carboxylic acids is 2. The summed E-state index contributed by atoms with van der Waals surface area (Å²) in [6.45, 7) is 9.93. The van der Waals surface area contributed by atoms with E-state index in [1.165, 1.54) is 0 Å². The largest absolute Gasteiger partial charge is 0.502 e. The molecule has 2 aromatic carbocycles. The van der Waals surface area contributed by atoms with Crippen LogP contribution in [-0.2, 0) is 9.53 Å². The molecule has 1 atom stereocenters. The highest BCUT2D eigenvalue weighted by Crippen LogP contribution is 2.30. The van der Waals surface area contributed by atoms with Gasteiger partial charge >= 0.3 is 0 Å². The minimum Gasteiger partial charge on any atom is -0.502 e. The summed E-state index contributed by atoms with van der Waals surface area (Å²) < 4.78 is 10.2. The summed E-state index contributed by atoms with van der Waals surface area (Å²) in [7, 11) is 3.33. The lowest BCUT2D eigenvalue weighted by Crippen LogP contribution is -2.38. The quantitative estimate of drug-likeness (QED) is 0.356. The molecular weight excluding hydrogens is 444 g/mol. The van der Waals surface area contributed by atoms with Gasteiger partial charge in [0.05, 0.1) is 42.6 Å². The Bertz CT molecular complexity index is 1020. The number of hydrogen-bond donors (Lipinski definition) is 3. The average molecular weight is 483 g/mol. The van der Waals surface area contributed by atoms with Gasteiger partial charge in [-0.25, -0.2) is 0 Å². The fraction of sp³-hybridized carbons (Fsp3) is 0.407. The zero-order valence-electron chi connectivity index (χ0n) is 21.6. The Morgan fingerprint density at radius 2 is 1.91 bits per heavy atom. The Kier molecular flexibility index (Phi) is 10.9. The number of ether oxygens (including phenoxy) is 2. The molecule has 1 heterocycles. The van der Waals surface area contributed by atoms with Crippen molar-refractivity contribution in [2.45, 2.75) is 40.2 Å². The molecule has 190 valence electrons. The van der Waals surface area contributed by atoms with Crippen LogP contribution >= 0.6 is 0 Å². The van der Waals surface area contributed by atoms with Crippen molar-refractivity contribution in [2.75, 3.05) is 49.4 Å². The molecule has 0 saturated carbocycles. The zero-order valence-corrected chi connectivity index (χ0v) is 21.6. The normalized spacial score (nSPS) is 14.4. The molecule has 8 nitrogen and oxygen atoms in total. The number of anilines is 3. The van der Waals surface area contributed by atoms with Crippen LogP contribution in [0.5, 0.6) is 5.75 Å². The van der Waals surface area contributed by atoms with Crippen LogP contribution in [0.4, 0.5) is 17.1 Å². The van der Waals surface area contributed by atoms with Crippen molar-refractivity contribution >= 4 is 28.9 Å². The second-order valence-electron chi connectivity index (χ2n) is 8.05. The first-order chi connectivity index (χ1) is 16.9. The molecule has 35 heavy (non-hydrogen) atoms. The lowest BCUT2D eigenvalue weighted by atomic mass is 10.1. The van der Waals surface area contributed by atoms with Gasteiger partial charge in [0.2, 0.25) is 5.91 Å². The molecule has 0 spiro atoms. The number of nitrogens with zero attached hydrogens (tertiary/aromatic N) is 1. The van der Waals surface area contributed by atoms with E-state index < -0.39 is 0 Å². The summed E-state index contributed by atoms with van der Waals surface area (Å²) >= 11 is 0. The van der Waals surface area contributed by atoms with Gasteiger partial charge in [0.15, 0.2) is 0 Å². The maximum atomic E-state index is 12.7. The van der Waals surface area contributed by atoms with E-state index in [0.717, 1.165) is 36.7 Å². The first-order valence-electron chi connectivity index (χ1n) is 11.9. The summed E-state index contributed by atoms with van der Waals surface area (Å²) in [5.41, 5.74) is 2.89. The van der Waals surface area contributed by atoms with Crippen molar-refractivity contribution in [3.05, 3.63) is 59.9 Å². The van der Waals surface area contributed by atoms with E-state index in [1.54, 1.807) is 39.3 Å². The molecule has 3 rings (SSSR count). The molecule has 0 radical (unpaired) electrons. The summed E-state index contributed by atoms with van der Waals surface area (Å²) in [6.07, 6.45) is 2.72. The first-order valence-corrected chi connectivity index (χ1v) is 11.9. The number of hydrogen-bond acceptors (Lipinski definition) is 6. The Balaban J connectivity index is 0.000000641. The highest BCUT2D eigenvalue weighted by molar-refractivity contribution is 6.09. The molecule has 2 amide bonds. The number of nitrogens with one attached hydrogen (secondary N) is 3. The summed E-state index contributed by atoms with van der Waals surface area (Å²) in [6, 6.07) is 12.9. The van der Waals surface area contributed by atoms with Crippen LogP contribution in [-0.4, -0.2) is 51.7 Å². The fourth-order valence-corrected chi connectivity index (χ4v) is 3.55. The lowest BCUT2D eigenvalue weighted by Gasteiger charge is -2.26. The number of benzene rings is 2. The Labute approximate surface area is 208 Å². The van der Waals surface area contributed by atoms with E-state index in [9.17, 15) is 9.59 Å². The second kappa shape index (κ2) is 13.9. The molecule has 1 aliphatic rings. The Hall–Kier alpha value is -3.68. The minimum atomic E-state index is -0.379. The molecule has 0 aliphatic carbocycles. The van der Waals surface area contributed by atoms with Gasteiger partial charge in [-0.2, -0.15) is 0 Å². The van der Waals surface area contributed by atoms with Gasteiger partial charge < -0.3 is 30.3 Å². The third-order valence-corrected chi connectivity index (χ3v) is 5.75. The standard InChI is InChI=1S/C22H28N4O3.C5H10O/c1-4-26(18-11-5-6-12-19(18)29-3)14-8-13-23-22(28)16-9-7-10-17-20(16)24-15(2)21(27)25-17;1-4-5(2)6-3/h5-7,9-12,15,24H,4,8,13-14H2,1-3H3,(H,23,28)(H,25,27);4H,1-3H3/b;5-4+. The maximum absolute atomic E-state index is 12.7. The Morgan fingerprint density at radius 3 is 2.54 bits per heavy atom. The van der Waals surface area contributed by atoms with E-state index in [0.29, 0.717) is 23.5 Å². The topological polar surface area (TPSA) is 91.9 Å². The monoisotopic (exact) mass is 482 g/mol. The molecule has 0 fully saturated rings. The van der Waals surface area contributed by atoms with E-state index in [4.69, 9.17) is 9.47 Å². The minimum absolute atomic E-state index is 0.106. The van der Waals surface area contributed by atoms with E-state index in [2.05, 4.69) is 27.8 Å². The average Bonchev–Trinajstić information content (AvgIpc) is 2.88. The lowest BCUT2D eigenvalue weighted by molar-refractivity contribution is -0.116. The van der Waals surface area contributed by atoms with Gasteiger partial charge in [0.25, 0.3) is 5.91 Å². The van der Waals surface area contributed by atoms with Crippen molar-refractivity contribution in [3.63, 3.8) is 0 Å². The van der Waals surface area contributed by atoms with Gasteiger partial charge in [0, 0.05) is 19.6 Å². The third-order valence-electron chi connectivity index (χ3n) is 5.75. The predicted octanol–water partition coefficient (Wildman–Crippen LogP) is 4.65. The van der Waals surface area contributed by atoms with Crippen molar-refractivity contribution in [1.82, 2.24) is 5.32 Å². The smallest absolute Gasteiger partial charge is 0.253 e. The van der Waals surface area contributed by atoms with Crippen LogP contribution in [0.1, 0.15) is 44.5 Å². The van der Waals surface area contributed by atoms with Crippen molar-refractivity contribution in [2.24, 2.45) is 0 Å². The highest BCUT2D eigenvalue weighted by atomic mass is 16.5. The predicted molar refractivity (Wildman–Crippen MR) is 142 cm³/mol. The maximum Gasteiger partial charge on any atom is 0.253 e. The van der Waals surface area contributed by atoms with Crippen LogP contribution in [0, 0.1) is 0 Å². The molecule has 3 N–H and O–H groups in total. The molecule has 0 aromatic heterocycles. The van der Waals surface area contributed by atoms with Crippen molar-refractivity contribution in [3.8, 4) is 5.75 Å². The molecular formula is C27H38N4O4. The molecule has 8 heteroatoms. The van der Waals surface area contributed by atoms with E-state index >= 15 is 0 Å². The second-order valence-corrected chi connectivity index (χ2v) is 8.05.